The highest BCUT2D eigenvalue weighted by Crippen LogP contribution is 2.50. The first kappa shape index (κ1) is 28.1. The Balaban J connectivity index is 1.60. The first-order chi connectivity index (χ1) is 19.7. The summed E-state index contributed by atoms with van der Waals surface area (Å²) >= 11 is 0. The third kappa shape index (κ3) is 5.73. The second-order valence-electron chi connectivity index (χ2n) is 11.2. The predicted octanol–water partition coefficient (Wildman–Crippen LogP) is 5.65. The Bertz CT molecular complexity index is 1480. The van der Waals surface area contributed by atoms with Crippen molar-refractivity contribution in [2.45, 2.75) is 39.3 Å². The number of hydrogen-bond acceptors (Lipinski definition) is 7. The Kier molecular flexibility index (Phi) is 7.92. The van der Waals surface area contributed by atoms with Gasteiger partial charge in [0.2, 0.25) is 5.91 Å². The van der Waals surface area contributed by atoms with E-state index in [1.807, 2.05) is 71.6 Å². The second-order valence-corrected chi connectivity index (χ2v) is 11.2. The number of carbonyl (C=O) groups excluding carboxylic acids is 2. The molecule has 1 heterocycles. The Hall–Kier alpha value is -4.46. The molecule has 0 spiro atoms. The van der Waals surface area contributed by atoms with Gasteiger partial charge in [0, 0.05) is 29.8 Å². The first-order valence-electron chi connectivity index (χ1n) is 13.7. The van der Waals surface area contributed by atoms with Crippen molar-refractivity contribution in [1.29, 1.82) is 0 Å². The minimum Gasteiger partial charge on any atom is -0.497 e. The topological polar surface area (TPSA) is 89.1 Å². The molecule has 5 rings (SSSR count). The minimum absolute atomic E-state index is 0.0212. The average molecular weight is 556 g/mol. The van der Waals surface area contributed by atoms with E-state index in [2.05, 4.69) is 24.5 Å². The third-order valence-electron chi connectivity index (χ3n) is 7.69. The van der Waals surface area contributed by atoms with Gasteiger partial charge in [-0.2, -0.15) is 0 Å². The van der Waals surface area contributed by atoms with E-state index >= 15 is 0 Å². The lowest BCUT2D eigenvalue weighted by molar-refractivity contribution is -0.121. The molecule has 8 heteroatoms. The van der Waals surface area contributed by atoms with Gasteiger partial charge in [0.25, 0.3) is 0 Å². The van der Waals surface area contributed by atoms with Crippen LogP contribution in [0.4, 0.5) is 11.4 Å². The van der Waals surface area contributed by atoms with Gasteiger partial charge in [-0.1, -0.05) is 50.2 Å². The molecule has 0 saturated carbocycles. The van der Waals surface area contributed by atoms with Crippen LogP contribution in [0.25, 0.3) is 0 Å². The fraction of sp³-hybridized carbons (Fsp3) is 0.333. The molecular formula is C33H37N3O5. The normalized spacial score (nSPS) is 17.5. The lowest BCUT2D eigenvalue weighted by atomic mass is 9.73. The van der Waals surface area contributed by atoms with Gasteiger partial charge in [0.05, 0.1) is 45.3 Å². The molecule has 1 aliphatic carbocycles. The number of fused-ring (bicyclic) bond motifs is 1. The van der Waals surface area contributed by atoms with Crippen LogP contribution < -0.4 is 29.7 Å². The molecule has 3 aromatic carbocycles. The predicted molar refractivity (Wildman–Crippen MR) is 160 cm³/mol. The lowest BCUT2D eigenvalue weighted by Gasteiger charge is -2.38. The van der Waals surface area contributed by atoms with Crippen molar-refractivity contribution in [2.24, 2.45) is 5.41 Å². The number of ketones is 1. The summed E-state index contributed by atoms with van der Waals surface area (Å²) < 4.78 is 16.7. The number of benzene rings is 3. The molecule has 1 unspecified atom stereocenters. The molecule has 1 amide bonds. The molecule has 2 N–H and O–H groups in total. The number of ether oxygens (including phenoxy) is 3. The van der Waals surface area contributed by atoms with Crippen LogP contribution in [0, 0.1) is 5.41 Å². The third-order valence-corrected chi connectivity index (χ3v) is 7.69. The number of methoxy groups -OCH3 is 3. The van der Waals surface area contributed by atoms with E-state index in [0.717, 1.165) is 33.9 Å². The van der Waals surface area contributed by atoms with Gasteiger partial charge in [-0.3, -0.25) is 9.59 Å². The average Bonchev–Trinajstić information content (AvgIpc) is 3.09. The van der Waals surface area contributed by atoms with Gasteiger partial charge >= 0.3 is 0 Å². The highest BCUT2D eigenvalue weighted by molar-refractivity contribution is 6.02. The van der Waals surface area contributed by atoms with Crippen LogP contribution in [0.15, 0.2) is 78.0 Å². The van der Waals surface area contributed by atoms with Crippen LogP contribution in [0.2, 0.25) is 0 Å². The molecular weight excluding hydrogens is 518 g/mol. The summed E-state index contributed by atoms with van der Waals surface area (Å²) in [5, 5.41) is 6.64. The number of rotatable bonds is 8. The van der Waals surface area contributed by atoms with Crippen molar-refractivity contribution < 1.29 is 23.8 Å². The van der Waals surface area contributed by atoms with Gasteiger partial charge in [-0.25, -0.2) is 0 Å². The minimum atomic E-state index is -0.582. The second kappa shape index (κ2) is 11.6. The molecule has 2 aliphatic rings. The number of anilines is 2. The highest BCUT2D eigenvalue weighted by Gasteiger charge is 2.43. The van der Waals surface area contributed by atoms with Crippen molar-refractivity contribution in [3.8, 4) is 17.2 Å². The fourth-order valence-electron chi connectivity index (χ4n) is 5.83. The van der Waals surface area contributed by atoms with E-state index in [1.165, 1.54) is 0 Å². The Labute approximate surface area is 241 Å². The number of para-hydroxylation sites is 3. The zero-order chi connectivity index (χ0) is 29.1. The highest BCUT2D eigenvalue weighted by atomic mass is 16.5. The van der Waals surface area contributed by atoms with Gasteiger partial charge < -0.3 is 29.7 Å². The van der Waals surface area contributed by atoms with Crippen LogP contribution in [0.5, 0.6) is 17.2 Å². The zero-order valence-corrected chi connectivity index (χ0v) is 24.2. The van der Waals surface area contributed by atoms with Crippen LogP contribution in [-0.4, -0.2) is 39.6 Å². The van der Waals surface area contributed by atoms with E-state index in [1.54, 1.807) is 21.3 Å². The van der Waals surface area contributed by atoms with Crippen molar-refractivity contribution in [3.05, 3.63) is 89.1 Å². The summed E-state index contributed by atoms with van der Waals surface area (Å²) in [4.78, 5) is 29.5. The van der Waals surface area contributed by atoms with Crippen LogP contribution in [-0.2, 0) is 16.1 Å². The van der Waals surface area contributed by atoms with Crippen molar-refractivity contribution in [3.63, 3.8) is 0 Å². The summed E-state index contributed by atoms with van der Waals surface area (Å²) in [5.41, 5.74) is 4.70. The maximum atomic E-state index is 14.0. The number of amides is 1. The monoisotopic (exact) mass is 555 g/mol. The Morgan fingerprint density at radius 1 is 0.951 bits per heavy atom. The lowest BCUT2D eigenvalue weighted by Crippen LogP contribution is -2.42. The maximum absolute atomic E-state index is 14.0. The molecule has 0 fully saturated rings. The molecule has 8 nitrogen and oxygen atoms in total. The summed E-state index contributed by atoms with van der Waals surface area (Å²) in [6.07, 6.45) is 1.10. The van der Waals surface area contributed by atoms with E-state index in [0.29, 0.717) is 36.5 Å². The quantitative estimate of drug-likeness (QED) is 0.372. The fourth-order valence-corrected chi connectivity index (χ4v) is 5.83. The first-order valence-corrected chi connectivity index (χ1v) is 13.7. The number of Topliss-reactive ketones (excluding diaryl/α,β-unsaturated/α-hetero) is 1. The van der Waals surface area contributed by atoms with Gasteiger partial charge in [0.1, 0.15) is 5.75 Å². The number of nitrogens with one attached hydrogen (secondary N) is 2. The Morgan fingerprint density at radius 2 is 1.71 bits per heavy atom. The molecule has 0 radical (unpaired) electrons. The molecule has 1 atom stereocenters. The van der Waals surface area contributed by atoms with Crippen LogP contribution in [0.1, 0.15) is 43.9 Å². The number of nitrogens with zero attached hydrogens (tertiary/aromatic N) is 1. The summed E-state index contributed by atoms with van der Waals surface area (Å²) in [6, 6.07) is 20.5. The molecule has 41 heavy (non-hydrogen) atoms. The van der Waals surface area contributed by atoms with Crippen molar-refractivity contribution in [1.82, 2.24) is 5.32 Å². The van der Waals surface area contributed by atoms with Crippen LogP contribution in [0.3, 0.4) is 0 Å². The molecule has 3 aromatic rings. The summed E-state index contributed by atoms with van der Waals surface area (Å²) in [5.74, 6) is 1.73. The maximum Gasteiger partial charge on any atom is 0.239 e. The van der Waals surface area contributed by atoms with E-state index in [9.17, 15) is 9.59 Å². The van der Waals surface area contributed by atoms with Crippen LogP contribution >= 0.6 is 0 Å². The zero-order valence-electron chi connectivity index (χ0n) is 24.2. The number of carbonyl (C=O) groups is 2. The van der Waals surface area contributed by atoms with E-state index in [4.69, 9.17) is 14.2 Å². The van der Waals surface area contributed by atoms with E-state index < -0.39 is 6.04 Å². The molecule has 214 valence electrons. The number of hydrogen-bond donors (Lipinski definition) is 2. The summed E-state index contributed by atoms with van der Waals surface area (Å²) in [7, 11) is 4.81. The molecule has 0 aromatic heterocycles. The standard InChI is InChI=1S/C33H37N3O5/c1-33(2)17-25-30(27(37)18-33)31(23-9-8-12-28(40-4)32(23)41-5)36(26-11-7-6-10-24(26)35-25)20-29(38)34-19-21-13-15-22(39-3)16-14-21/h6-16,31,35H,17-20H2,1-5H3,(H,34,38). The Morgan fingerprint density at radius 3 is 2.41 bits per heavy atom. The summed E-state index contributed by atoms with van der Waals surface area (Å²) in [6.45, 7) is 4.61. The van der Waals surface area contributed by atoms with Crippen molar-refractivity contribution in [2.75, 3.05) is 38.1 Å². The van der Waals surface area contributed by atoms with Gasteiger partial charge in [0.15, 0.2) is 17.3 Å². The SMILES string of the molecule is COc1ccc(CNC(=O)CN2c3ccccc3NC3=C(C(=O)CC(C)(C)C3)C2c2cccc(OC)c2OC)cc1. The van der Waals surface area contributed by atoms with Gasteiger partial charge in [-0.15, -0.1) is 0 Å². The van der Waals surface area contributed by atoms with Gasteiger partial charge in [-0.05, 0) is 47.7 Å². The largest absolute Gasteiger partial charge is 0.497 e. The number of allylic oxidation sites excluding steroid dienone is 1. The van der Waals surface area contributed by atoms with Crippen molar-refractivity contribution >= 4 is 23.1 Å². The van der Waals surface area contributed by atoms with E-state index in [-0.39, 0.29) is 23.7 Å². The molecule has 1 aliphatic heterocycles. The smallest absolute Gasteiger partial charge is 0.239 e. The molecule has 0 bridgehead atoms. The molecule has 0 saturated heterocycles.